The number of rotatable bonds is 4. The summed E-state index contributed by atoms with van der Waals surface area (Å²) >= 11 is 0. The van der Waals surface area contributed by atoms with Crippen LogP contribution in [0.5, 0.6) is 0 Å². The van der Waals surface area contributed by atoms with Crippen molar-refractivity contribution in [3.05, 3.63) is 53.3 Å². The van der Waals surface area contributed by atoms with Gasteiger partial charge in [0.2, 0.25) is 0 Å². The molecule has 1 aromatic heterocycles. The van der Waals surface area contributed by atoms with Crippen LogP contribution in [0, 0.1) is 0 Å². The van der Waals surface area contributed by atoms with Gasteiger partial charge in [-0.3, -0.25) is 4.68 Å². The van der Waals surface area contributed by atoms with E-state index in [1.807, 2.05) is 6.92 Å². The molecule has 0 saturated heterocycles. The minimum absolute atomic E-state index is 0.0888. The van der Waals surface area contributed by atoms with Crippen LogP contribution in [0.4, 0.5) is 8.78 Å². The third kappa shape index (κ3) is 2.41. The van der Waals surface area contributed by atoms with Gasteiger partial charge in [0.05, 0.1) is 5.69 Å². The smallest absolute Gasteiger partial charge is 0.263 e. The summed E-state index contributed by atoms with van der Waals surface area (Å²) in [5, 5.41) is 14.2. The van der Waals surface area contributed by atoms with Gasteiger partial charge in [0.25, 0.3) is 6.43 Å². The van der Waals surface area contributed by atoms with Crippen LogP contribution in [-0.4, -0.2) is 14.9 Å². The van der Waals surface area contributed by atoms with Crippen LogP contribution >= 0.6 is 0 Å². The molecule has 96 valence electrons. The average Bonchev–Trinajstić information content (AvgIpc) is 2.86. The van der Waals surface area contributed by atoms with Gasteiger partial charge in [0.15, 0.2) is 0 Å². The van der Waals surface area contributed by atoms with Crippen molar-refractivity contribution >= 4 is 0 Å². The van der Waals surface area contributed by atoms with E-state index in [9.17, 15) is 13.9 Å². The van der Waals surface area contributed by atoms with E-state index in [1.165, 1.54) is 18.2 Å². The highest BCUT2D eigenvalue weighted by atomic mass is 19.3. The van der Waals surface area contributed by atoms with Crippen LogP contribution in [0.1, 0.15) is 36.3 Å². The second-order valence-corrected chi connectivity index (χ2v) is 3.95. The van der Waals surface area contributed by atoms with Gasteiger partial charge in [0.1, 0.15) is 6.10 Å². The van der Waals surface area contributed by atoms with Crippen molar-refractivity contribution in [3.8, 4) is 0 Å². The Morgan fingerprint density at radius 3 is 2.67 bits per heavy atom. The summed E-state index contributed by atoms with van der Waals surface area (Å²) in [5.41, 5.74) is 0.959. The summed E-state index contributed by atoms with van der Waals surface area (Å²) in [6.07, 6.45) is -1.89. The topological polar surface area (TPSA) is 38.0 Å². The van der Waals surface area contributed by atoms with Crippen LogP contribution in [0.3, 0.4) is 0 Å². The van der Waals surface area contributed by atoms with E-state index >= 15 is 0 Å². The zero-order chi connectivity index (χ0) is 13.1. The van der Waals surface area contributed by atoms with Gasteiger partial charge in [0, 0.05) is 18.3 Å². The predicted molar refractivity (Wildman–Crippen MR) is 63.4 cm³/mol. The molecule has 0 fully saturated rings. The molecule has 1 unspecified atom stereocenters. The molecule has 0 spiro atoms. The summed E-state index contributed by atoms with van der Waals surface area (Å²) in [7, 11) is 0. The maximum Gasteiger partial charge on any atom is 0.263 e. The molecular formula is C13H14F2N2O. The lowest BCUT2D eigenvalue weighted by Gasteiger charge is -2.13. The molecule has 0 aliphatic carbocycles. The second-order valence-electron chi connectivity index (χ2n) is 3.95. The van der Waals surface area contributed by atoms with Gasteiger partial charge < -0.3 is 5.11 Å². The number of halogens is 2. The highest BCUT2D eigenvalue weighted by Crippen LogP contribution is 2.26. The molecule has 1 N–H and O–H groups in total. The first-order chi connectivity index (χ1) is 8.63. The van der Waals surface area contributed by atoms with Gasteiger partial charge in [-0.15, -0.1) is 0 Å². The van der Waals surface area contributed by atoms with Crippen molar-refractivity contribution in [1.29, 1.82) is 0 Å². The second kappa shape index (κ2) is 5.27. The quantitative estimate of drug-likeness (QED) is 0.908. The molecule has 1 aromatic carbocycles. The first-order valence-corrected chi connectivity index (χ1v) is 5.71. The fourth-order valence-corrected chi connectivity index (χ4v) is 1.87. The van der Waals surface area contributed by atoms with Crippen LogP contribution in [0.25, 0.3) is 0 Å². The Hall–Kier alpha value is -1.75. The molecule has 18 heavy (non-hydrogen) atoms. The van der Waals surface area contributed by atoms with Crippen molar-refractivity contribution < 1.29 is 13.9 Å². The fraction of sp³-hybridized carbons (Fsp3) is 0.308. The van der Waals surface area contributed by atoms with E-state index in [0.717, 1.165) is 0 Å². The highest BCUT2D eigenvalue weighted by Gasteiger charge is 2.16. The Balaban J connectivity index is 2.34. The number of nitrogens with zero attached hydrogens (tertiary/aromatic N) is 2. The Morgan fingerprint density at radius 2 is 2.00 bits per heavy atom. The number of aliphatic hydroxyl groups excluding tert-OH is 1. The Kier molecular flexibility index (Phi) is 3.72. The van der Waals surface area contributed by atoms with Gasteiger partial charge in [-0.2, -0.15) is 5.10 Å². The predicted octanol–water partition coefficient (Wildman–Crippen LogP) is 2.92. The number of aromatic nitrogens is 2. The van der Waals surface area contributed by atoms with E-state index < -0.39 is 12.5 Å². The first kappa shape index (κ1) is 12.7. The maximum atomic E-state index is 12.6. The number of alkyl halides is 2. The van der Waals surface area contributed by atoms with Gasteiger partial charge >= 0.3 is 0 Å². The van der Waals surface area contributed by atoms with Gasteiger partial charge in [-0.1, -0.05) is 18.2 Å². The van der Waals surface area contributed by atoms with Crippen molar-refractivity contribution in [3.63, 3.8) is 0 Å². The van der Waals surface area contributed by atoms with Crippen molar-refractivity contribution in [2.24, 2.45) is 0 Å². The summed E-state index contributed by atoms with van der Waals surface area (Å²) < 4.78 is 26.8. The molecule has 0 aliphatic rings. The first-order valence-electron chi connectivity index (χ1n) is 5.71. The van der Waals surface area contributed by atoms with Crippen molar-refractivity contribution in [2.75, 3.05) is 0 Å². The number of aliphatic hydroxyl groups is 1. The summed E-state index contributed by atoms with van der Waals surface area (Å²) in [6.45, 7) is 2.52. The molecular weight excluding hydrogens is 238 g/mol. The Bertz CT molecular complexity index is 525. The van der Waals surface area contributed by atoms with E-state index in [1.54, 1.807) is 23.0 Å². The Labute approximate surface area is 104 Å². The Morgan fingerprint density at radius 1 is 1.28 bits per heavy atom. The molecule has 3 nitrogen and oxygen atoms in total. The molecule has 0 amide bonds. The zero-order valence-electron chi connectivity index (χ0n) is 9.92. The molecule has 2 rings (SSSR count). The number of benzene rings is 1. The van der Waals surface area contributed by atoms with Gasteiger partial charge in [-0.25, -0.2) is 8.78 Å². The van der Waals surface area contributed by atoms with E-state index in [4.69, 9.17) is 0 Å². The van der Waals surface area contributed by atoms with Crippen LogP contribution in [0.2, 0.25) is 0 Å². The van der Waals surface area contributed by atoms with E-state index in [2.05, 4.69) is 5.10 Å². The lowest BCUT2D eigenvalue weighted by Crippen LogP contribution is -2.09. The maximum absolute atomic E-state index is 12.6. The molecule has 0 bridgehead atoms. The zero-order valence-corrected chi connectivity index (χ0v) is 9.92. The summed E-state index contributed by atoms with van der Waals surface area (Å²) in [4.78, 5) is 0. The van der Waals surface area contributed by atoms with Crippen molar-refractivity contribution in [1.82, 2.24) is 9.78 Å². The SMILES string of the molecule is CCn1nccc1C(O)c1cccc(C(F)F)c1. The number of hydrogen-bond acceptors (Lipinski definition) is 2. The highest BCUT2D eigenvalue weighted by molar-refractivity contribution is 5.30. The third-order valence-electron chi connectivity index (χ3n) is 2.81. The van der Waals surface area contributed by atoms with E-state index in [0.29, 0.717) is 17.8 Å². The molecule has 2 aromatic rings. The molecule has 1 atom stereocenters. The molecule has 1 heterocycles. The molecule has 5 heteroatoms. The lowest BCUT2D eigenvalue weighted by atomic mass is 10.0. The summed E-state index contributed by atoms with van der Waals surface area (Å²) in [5.74, 6) is 0. The van der Waals surface area contributed by atoms with E-state index in [-0.39, 0.29) is 5.56 Å². The van der Waals surface area contributed by atoms with Gasteiger partial charge in [-0.05, 0) is 24.6 Å². The standard InChI is InChI=1S/C13H14F2N2O/c1-2-17-11(6-7-16-17)12(18)9-4-3-5-10(8-9)13(14)15/h3-8,12-13,18H,2H2,1H3. The third-order valence-corrected chi connectivity index (χ3v) is 2.81. The van der Waals surface area contributed by atoms with Crippen LogP contribution in [0.15, 0.2) is 36.5 Å². The minimum Gasteiger partial charge on any atom is -0.382 e. The average molecular weight is 252 g/mol. The normalized spacial score (nSPS) is 12.9. The molecule has 0 aliphatic heterocycles. The molecule has 0 saturated carbocycles. The monoisotopic (exact) mass is 252 g/mol. The lowest BCUT2D eigenvalue weighted by molar-refractivity contribution is 0.150. The fourth-order valence-electron chi connectivity index (χ4n) is 1.87. The summed E-state index contributed by atoms with van der Waals surface area (Å²) in [6, 6.07) is 7.50. The largest absolute Gasteiger partial charge is 0.382 e. The molecule has 0 radical (unpaired) electrons. The van der Waals surface area contributed by atoms with Crippen LogP contribution < -0.4 is 0 Å². The number of hydrogen-bond donors (Lipinski definition) is 1. The number of aryl methyl sites for hydroxylation is 1. The van der Waals surface area contributed by atoms with Crippen LogP contribution in [-0.2, 0) is 6.54 Å². The van der Waals surface area contributed by atoms with Crippen molar-refractivity contribution in [2.45, 2.75) is 26.0 Å². The minimum atomic E-state index is -2.53.